The molecule has 0 aliphatic carbocycles. The van der Waals surface area contributed by atoms with Crippen molar-refractivity contribution in [2.75, 3.05) is 27.3 Å². The van der Waals surface area contributed by atoms with Crippen LogP contribution >= 0.6 is 11.6 Å². The molecule has 1 saturated heterocycles. The van der Waals surface area contributed by atoms with Crippen LogP contribution in [-0.2, 0) is 0 Å². The number of halogens is 1. The molecule has 1 fully saturated rings. The van der Waals surface area contributed by atoms with Gasteiger partial charge in [0.25, 0.3) is 11.8 Å². The molecule has 1 aliphatic heterocycles. The van der Waals surface area contributed by atoms with E-state index in [2.05, 4.69) is 5.32 Å². The number of hydrogen-bond acceptors (Lipinski definition) is 4. The van der Waals surface area contributed by atoms with E-state index in [1.165, 1.54) is 0 Å². The Morgan fingerprint density at radius 2 is 1.65 bits per heavy atom. The first kappa shape index (κ1) is 23.6. The molecule has 0 aromatic heterocycles. The molecule has 0 spiro atoms. The van der Waals surface area contributed by atoms with E-state index in [1.807, 2.05) is 35.2 Å². The predicted molar refractivity (Wildman–Crippen MR) is 132 cm³/mol. The summed E-state index contributed by atoms with van der Waals surface area (Å²) < 4.78 is 10.7. The van der Waals surface area contributed by atoms with Crippen molar-refractivity contribution in [2.24, 2.45) is 0 Å². The minimum atomic E-state index is -0.212. The number of ether oxygens (including phenoxy) is 2. The van der Waals surface area contributed by atoms with Gasteiger partial charge in [-0.2, -0.15) is 0 Å². The van der Waals surface area contributed by atoms with Gasteiger partial charge in [-0.3, -0.25) is 9.59 Å². The number of carbonyl (C=O) groups is 2. The number of piperidine rings is 1. The Kier molecular flexibility index (Phi) is 7.38. The maximum atomic E-state index is 13.4. The smallest absolute Gasteiger partial charge is 0.254 e. The topological polar surface area (TPSA) is 67.9 Å². The van der Waals surface area contributed by atoms with Gasteiger partial charge in [0.15, 0.2) is 11.5 Å². The Morgan fingerprint density at radius 1 is 0.941 bits per heavy atom. The summed E-state index contributed by atoms with van der Waals surface area (Å²) in [7, 11) is 3.11. The minimum absolute atomic E-state index is 0.0644. The van der Waals surface area contributed by atoms with Gasteiger partial charge >= 0.3 is 0 Å². The van der Waals surface area contributed by atoms with Gasteiger partial charge in [-0.25, -0.2) is 0 Å². The first-order valence-electron chi connectivity index (χ1n) is 11.1. The Morgan fingerprint density at radius 3 is 2.35 bits per heavy atom. The molecule has 34 heavy (non-hydrogen) atoms. The zero-order valence-electron chi connectivity index (χ0n) is 19.2. The summed E-state index contributed by atoms with van der Waals surface area (Å²) in [4.78, 5) is 28.2. The lowest BCUT2D eigenvalue weighted by Gasteiger charge is -2.39. The molecule has 3 aromatic carbocycles. The highest BCUT2D eigenvalue weighted by Gasteiger charge is 2.34. The van der Waals surface area contributed by atoms with Gasteiger partial charge in [0, 0.05) is 30.6 Å². The normalized spacial score (nSPS) is 17.7. The van der Waals surface area contributed by atoms with Crippen LogP contribution in [0.2, 0.25) is 5.02 Å². The van der Waals surface area contributed by atoms with Crippen LogP contribution < -0.4 is 14.8 Å². The van der Waals surface area contributed by atoms with E-state index in [0.29, 0.717) is 47.2 Å². The van der Waals surface area contributed by atoms with Crippen molar-refractivity contribution < 1.29 is 19.1 Å². The third-order valence-corrected chi connectivity index (χ3v) is 6.52. The zero-order chi connectivity index (χ0) is 24.1. The van der Waals surface area contributed by atoms with Gasteiger partial charge in [0.2, 0.25) is 0 Å². The highest BCUT2D eigenvalue weighted by Crippen LogP contribution is 2.31. The Hall–Kier alpha value is -3.51. The zero-order valence-corrected chi connectivity index (χ0v) is 19.9. The van der Waals surface area contributed by atoms with Gasteiger partial charge in [-0.15, -0.1) is 0 Å². The van der Waals surface area contributed by atoms with Crippen LogP contribution in [0.3, 0.4) is 0 Å². The third kappa shape index (κ3) is 5.02. The van der Waals surface area contributed by atoms with E-state index in [4.69, 9.17) is 21.1 Å². The Balaban J connectivity index is 1.56. The summed E-state index contributed by atoms with van der Waals surface area (Å²) in [6, 6.07) is 22.0. The summed E-state index contributed by atoms with van der Waals surface area (Å²) >= 11 is 6.24. The molecule has 1 N–H and O–H groups in total. The van der Waals surface area contributed by atoms with Crippen molar-refractivity contribution >= 4 is 23.4 Å². The number of benzene rings is 3. The highest BCUT2D eigenvalue weighted by molar-refractivity contribution is 6.33. The molecule has 2 amide bonds. The first-order valence-corrected chi connectivity index (χ1v) is 11.5. The summed E-state index contributed by atoms with van der Waals surface area (Å²) in [5.74, 6) is 0.719. The van der Waals surface area contributed by atoms with Crippen LogP contribution in [0, 0.1) is 0 Å². The molecule has 1 aliphatic rings. The van der Waals surface area contributed by atoms with Gasteiger partial charge in [0.1, 0.15) is 0 Å². The standard InChI is InChI=1S/C27H27ClN2O4/c1-33-24-13-12-19(16-25(24)34-2)27(32)30-15-14-23(21(17-30)18-8-4-3-5-9-18)29-26(31)20-10-6-7-11-22(20)28/h3-13,16,21,23H,14-15,17H2,1-2H3,(H,29,31)/t21-,23-/m0/s1. The monoisotopic (exact) mass is 478 g/mol. The average Bonchev–Trinajstić information content (AvgIpc) is 2.88. The second kappa shape index (κ2) is 10.6. The van der Waals surface area contributed by atoms with Crippen LogP contribution in [-0.4, -0.2) is 50.1 Å². The lowest BCUT2D eigenvalue weighted by Crippen LogP contribution is -2.51. The second-order valence-corrected chi connectivity index (χ2v) is 8.59. The molecule has 1 heterocycles. The number of amides is 2. The number of carbonyl (C=O) groups excluding carboxylic acids is 2. The van der Waals surface area contributed by atoms with Gasteiger partial charge in [0.05, 0.1) is 24.8 Å². The van der Waals surface area contributed by atoms with Crippen molar-refractivity contribution in [2.45, 2.75) is 18.4 Å². The molecule has 3 aromatic rings. The molecule has 176 valence electrons. The highest BCUT2D eigenvalue weighted by atomic mass is 35.5. The molecular formula is C27H27ClN2O4. The fraction of sp³-hybridized carbons (Fsp3) is 0.259. The van der Waals surface area contributed by atoms with Gasteiger partial charge in [-0.05, 0) is 42.3 Å². The lowest BCUT2D eigenvalue weighted by molar-refractivity contribution is 0.0671. The predicted octanol–water partition coefficient (Wildman–Crippen LogP) is 4.79. The fourth-order valence-corrected chi connectivity index (χ4v) is 4.61. The molecule has 0 bridgehead atoms. The van der Waals surface area contributed by atoms with Gasteiger partial charge < -0.3 is 19.7 Å². The quantitative estimate of drug-likeness (QED) is 0.553. The molecule has 6 nitrogen and oxygen atoms in total. The Bertz CT molecular complexity index is 1170. The van der Waals surface area contributed by atoms with Crippen molar-refractivity contribution in [1.29, 1.82) is 0 Å². The second-order valence-electron chi connectivity index (χ2n) is 8.19. The number of rotatable bonds is 6. The number of methoxy groups -OCH3 is 2. The van der Waals surface area contributed by atoms with E-state index in [9.17, 15) is 9.59 Å². The minimum Gasteiger partial charge on any atom is -0.493 e. The molecule has 4 rings (SSSR count). The molecule has 0 unspecified atom stereocenters. The van der Waals surface area contributed by atoms with Crippen LogP contribution in [0.25, 0.3) is 0 Å². The van der Waals surface area contributed by atoms with Gasteiger partial charge in [-0.1, -0.05) is 54.1 Å². The van der Waals surface area contributed by atoms with Crippen molar-refractivity contribution in [3.05, 3.63) is 94.5 Å². The van der Waals surface area contributed by atoms with Crippen molar-refractivity contribution in [3.8, 4) is 11.5 Å². The maximum Gasteiger partial charge on any atom is 0.254 e. The summed E-state index contributed by atoms with van der Waals surface area (Å²) in [6.07, 6.45) is 0.620. The van der Waals surface area contributed by atoms with Crippen LogP contribution in [0.1, 0.15) is 38.6 Å². The van der Waals surface area contributed by atoms with Crippen molar-refractivity contribution in [1.82, 2.24) is 10.2 Å². The van der Waals surface area contributed by atoms with E-state index in [1.54, 1.807) is 56.7 Å². The first-order chi connectivity index (χ1) is 16.5. The molecule has 0 radical (unpaired) electrons. The van der Waals surface area contributed by atoms with E-state index in [0.717, 1.165) is 5.56 Å². The maximum absolute atomic E-state index is 13.4. The number of nitrogens with zero attached hydrogens (tertiary/aromatic N) is 1. The van der Waals surface area contributed by atoms with Crippen LogP contribution in [0.15, 0.2) is 72.8 Å². The molecular weight excluding hydrogens is 452 g/mol. The Labute approximate surface area is 204 Å². The van der Waals surface area contributed by atoms with E-state index >= 15 is 0 Å². The number of nitrogens with one attached hydrogen (secondary N) is 1. The molecule has 2 atom stereocenters. The third-order valence-electron chi connectivity index (χ3n) is 6.19. The van der Waals surface area contributed by atoms with Crippen molar-refractivity contribution in [3.63, 3.8) is 0 Å². The summed E-state index contributed by atoms with van der Waals surface area (Å²) in [5, 5.41) is 3.57. The fourth-order valence-electron chi connectivity index (χ4n) is 4.39. The van der Waals surface area contributed by atoms with Crippen LogP contribution in [0.5, 0.6) is 11.5 Å². The largest absolute Gasteiger partial charge is 0.493 e. The summed E-state index contributed by atoms with van der Waals surface area (Å²) in [6.45, 7) is 0.995. The molecule has 0 saturated carbocycles. The SMILES string of the molecule is COc1ccc(C(=O)N2CC[C@H](NC(=O)c3ccccc3Cl)[C@H](c3ccccc3)C2)cc1OC. The van der Waals surface area contributed by atoms with Crippen LogP contribution in [0.4, 0.5) is 0 Å². The molecule has 7 heteroatoms. The van der Waals surface area contributed by atoms with E-state index < -0.39 is 0 Å². The summed E-state index contributed by atoms with van der Waals surface area (Å²) in [5.41, 5.74) is 2.04. The number of likely N-dealkylation sites (tertiary alicyclic amines) is 1. The lowest BCUT2D eigenvalue weighted by atomic mass is 9.85. The number of hydrogen-bond donors (Lipinski definition) is 1. The average molecular weight is 479 g/mol. The van der Waals surface area contributed by atoms with E-state index in [-0.39, 0.29) is 23.8 Å².